The number of anilines is 3. The number of hydrogen-bond donors (Lipinski definition) is 0. The minimum atomic E-state index is -0.748. The molecule has 0 unspecified atom stereocenters. The second-order valence-corrected chi connectivity index (χ2v) is 26.5. The monoisotopic (exact) mass is 1110 g/mol. The van der Waals surface area contributed by atoms with Gasteiger partial charge in [-0.05, 0) is 178 Å². The minimum absolute atomic E-state index is 0.0774. The zero-order valence-corrected chi connectivity index (χ0v) is 50.5. The van der Waals surface area contributed by atoms with Gasteiger partial charge in [-0.15, -0.1) is 0 Å². The quantitative estimate of drug-likeness (QED) is 0.140. The average molecular weight is 1110 g/mol. The van der Waals surface area contributed by atoms with Crippen molar-refractivity contribution in [1.29, 1.82) is 0 Å². The van der Waals surface area contributed by atoms with E-state index in [9.17, 15) is 0 Å². The third-order valence-electron chi connectivity index (χ3n) is 19.0. The summed E-state index contributed by atoms with van der Waals surface area (Å²) in [5.41, 5.74) is 28.6. The van der Waals surface area contributed by atoms with Gasteiger partial charge in [0.25, 0.3) is 0 Å². The highest BCUT2D eigenvalue weighted by atomic mass is 15.1. The molecule has 0 radical (unpaired) electrons. The molecule has 0 fully saturated rings. The first kappa shape index (κ1) is 53.0. The average Bonchev–Trinajstić information content (AvgIpc) is 1.51. The summed E-state index contributed by atoms with van der Waals surface area (Å²) in [6.07, 6.45) is 0. The summed E-state index contributed by atoms with van der Waals surface area (Å²) in [7, 11) is 0. The zero-order valence-electron chi connectivity index (χ0n) is 50.5. The van der Waals surface area contributed by atoms with Gasteiger partial charge in [-0.2, -0.15) is 0 Å². The third-order valence-corrected chi connectivity index (χ3v) is 19.0. The van der Waals surface area contributed by atoms with E-state index in [1.165, 1.54) is 122 Å². The Morgan fingerprint density at radius 1 is 0.326 bits per heavy atom. The summed E-state index contributed by atoms with van der Waals surface area (Å²) in [6.45, 7) is 18.9. The van der Waals surface area contributed by atoms with Crippen LogP contribution in [0, 0.1) is 0 Å². The lowest BCUT2D eigenvalue weighted by atomic mass is 9.65. The molecule has 0 atom stereocenters. The van der Waals surface area contributed by atoms with Gasteiger partial charge in [0.2, 0.25) is 0 Å². The van der Waals surface area contributed by atoms with E-state index in [1.807, 2.05) is 0 Å². The lowest BCUT2D eigenvalue weighted by molar-refractivity contribution is 0.569. The van der Waals surface area contributed by atoms with Crippen molar-refractivity contribution in [3.63, 3.8) is 0 Å². The minimum Gasteiger partial charge on any atom is -0.310 e. The van der Waals surface area contributed by atoms with Crippen LogP contribution in [0.15, 0.2) is 279 Å². The van der Waals surface area contributed by atoms with Gasteiger partial charge in [-0.25, -0.2) is 0 Å². The van der Waals surface area contributed by atoms with Crippen LogP contribution in [-0.2, 0) is 21.7 Å². The maximum Gasteiger partial charge on any atom is 0.0720 e. The number of rotatable bonds is 9. The summed E-state index contributed by atoms with van der Waals surface area (Å²) in [4.78, 5) is 2.52. The van der Waals surface area contributed by atoms with Gasteiger partial charge in [0.15, 0.2) is 0 Å². The third kappa shape index (κ3) is 8.36. The van der Waals surface area contributed by atoms with E-state index >= 15 is 0 Å². The maximum absolute atomic E-state index is 2.55. The Balaban J connectivity index is 0.981. The molecule has 1 heterocycles. The Hall–Kier alpha value is -9.76. The first-order valence-electron chi connectivity index (χ1n) is 30.6. The summed E-state index contributed by atoms with van der Waals surface area (Å²) in [5, 5.41) is 2.48. The van der Waals surface area contributed by atoms with Crippen molar-refractivity contribution in [2.75, 3.05) is 4.90 Å². The largest absolute Gasteiger partial charge is 0.310 e. The molecular formula is C84H70N2. The molecule has 0 N–H and O–H groups in total. The molecule has 86 heavy (non-hydrogen) atoms. The number of para-hydroxylation sites is 2. The van der Waals surface area contributed by atoms with Gasteiger partial charge in [0.1, 0.15) is 0 Å². The van der Waals surface area contributed by atoms with Crippen LogP contribution < -0.4 is 4.90 Å². The Bertz CT molecular complexity index is 4690. The molecule has 15 rings (SSSR count). The van der Waals surface area contributed by atoms with Crippen molar-refractivity contribution in [3.8, 4) is 61.3 Å². The maximum atomic E-state index is 2.55. The van der Waals surface area contributed by atoms with Crippen molar-refractivity contribution in [3.05, 3.63) is 324 Å². The van der Waals surface area contributed by atoms with Gasteiger partial charge in [0.05, 0.1) is 16.4 Å². The Kier molecular flexibility index (Phi) is 12.3. The lowest BCUT2D eigenvalue weighted by Gasteiger charge is -2.36. The molecule has 2 aliphatic rings. The lowest BCUT2D eigenvalue weighted by Crippen LogP contribution is -2.29. The molecular weight excluding hydrogens is 1040 g/mol. The summed E-state index contributed by atoms with van der Waals surface area (Å²) in [6, 6.07) is 105. The number of nitrogens with zero attached hydrogens (tertiary/aromatic N) is 2. The van der Waals surface area contributed by atoms with Crippen LogP contribution in [0.1, 0.15) is 99.9 Å². The molecule has 2 heteroatoms. The molecule has 0 bridgehead atoms. The Labute approximate surface area is 507 Å². The number of aromatic nitrogens is 1. The first-order valence-corrected chi connectivity index (χ1v) is 30.6. The molecule has 416 valence electrons. The predicted molar refractivity (Wildman–Crippen MR) is 364 cm³/mol. The van der Waals surface area contributed by atoms with Crippen LogP contribution in [0.25, 0.3) is 83.1 Å². The first-order chi connectivity index (χ1) is 41.7. The van der Waals surface area contributed by atoms with Crippen LogP contribution in [0.2, 0.25) is 0 Å². The zero-order chi connectivity index (χ0) is 58.7. The molecule has 12 aromatic carbocycles. The summed E-state index contributed by atoms with van der Waals surface area (Å²) in [5.74, 6) is 0. The van der Waals surface area contributed by atoms with Crippen molar-refractivity contribution in [1.82, 2.24) is 4.57 Å². The van der Waals surface area contributed by atoms with Gasteiger partial charge in [-0.3, -0.25) is 0 Å². The predicted octanol–water partition coefficient (Wildman–Crippen LogP) is 22.5. The number of fused-ring (bicyclic) bond motifs is 9. The van der Waals surface area contributed by atoms with E-state index in [0.717, 1.165) is 22.7 Å². The van der Waals surface area contributed by atoms with Gasteiger partial charge < -0.3 is 9.47 Å². The van der Waals surface area contributed by atoms with E-state index in [1.54, 1.807) is 0 Å². The normalized spacial score (nSPS) is 13.8. The molecule has 0 aliphatic heterocycles. The fourth-order valence-electron chi connectivity index (χ4n) is 14.6. The van der Waals surface area contributed by atoms with Gasteiger partial charge in [-0.1, -0.05) is 268 Å². The highest BCUT2D eigenvalue weighted by molar-refractivity contribution is 6.10. The molecule has 0 saturated heterocycles. The fraction of sp³-hybridized carbons (Fsp3) is 0.143. The van der Waals surface area contributed by atoms with E-state index in [4.69, 9.17) is 0 Å². The second kappa shape index (κ2) is 19.9. The summed E-state index contributed by atoms with van der Waals surface area (Å²) >= 11 is 0. The van der Waals surface area contributed by atoms with Crippen LogP contribution in [0.5, 0.6) is 0 Å². The van der Waals surface area contributed by atoms with E-state index < -0.39 is 5.41 Å². The molecule has 0 saturated carbocycles. The Morgan fingerprint density at radius 3 is 1.48 bits per heavy atom. The van der Waals surface area contributed by atoms with E-state index in [0.29, 0.717) is 0 Å². The van der Waals surface area contributed by atoms with Gasteiger partial charge in [0, 0.05) is 38.9 Å². The molecule has 1 aromatic heterocycles. The fourth-order valence-corrected chi connectivity index (χ4v) is 14.6. The second-order valence-electron chi connectivity index (χ2n) is 26.5. The molecule has 0 amide bonds. The molecule has 0 spiro atoms. The van der Waals surface area contributed by atoms with Crippen molar-refractivity contribution in [2.24, 2.45) is 0 Å². The molecule has 2 nitrogen and oxygen atoms in total. The van der Waals surface area contributed by atoms with Crippen LogP contribution in [-0.4, -0.2) is 4.57 Å². The van der Waals surface area contributed by atoms with E-state index in [2.05, 4.69) is 344 Å². The van der Waals surface area contributed by atoms with Crippen molar-refractivity contribution >= 4 is 38.9 Å². The van der Waals surface area contributed by atoms with Gasteiger partial charge >= 0.3 is 0 Å². The Morgan fingerprint density at radius 2 is 0.826 bits per heavy atom. The molecule has 13 aromatic rings. The highest BCUT2D eigenvalue weighted by Gasteiger charge is 2.49. The molecule has 2 aliphatic carbocycles. The van der Waals surface area contributed by atoms with Crippen LogP contribution in [0.3, 0.4) is 0 Å². The van der Waals surface area contributed by atoms with Crippen molar-refractivity contribution < 1.29 is 0 Å². The number of hydrogen-bond acceptors (Lipinski definition) is 1. The van der Waals surface area contributed by atoms with Crippen LogP contribution in [0.4, 0.5) is 17.1 Å². The topological polar surface area (TPSA) is 8.17 Å². The number of benzene rings is 12. The van der Waals surface area contributed by atoms with Crippen LogP contribution >= 0.6 is 0 Å². The SMILES string of the molecule is CC(C)(C)c1cc(-c2ccc(-c3ccccc3)c3c2C(c2ccccc2)(c2ccccc2)c2cc(N(c4ccc(-c5ccc6c(c5)c5ccccc5n6-c5ccccc5)cc4)c4ccc5c(c4)C(C)(C)c4ccccc4-5)ccc2-3)cc(C(C)(C)C)c1. The standard InChI is InChI=1S/C84H70N2/c1-81(2,3)61-49-58(50-62(52-61)82(4,5)6)68-47-46-67(56-25-13-9-14-26-56)79-72-45-43-66(54-76(72)84(80(68)79,59-27-15-10-16-28-59)60-29-17-11-18-30-60)85(65-42-44-70-69-33-21-23-35-74(69)83(7,8)75(70)53-65)64-40-37-55(38-41-64)57-39-48-78-73(51-57)71-34-22-24-36-77(71)86(78)63-31-19-12-20-32-63/h9-54H,1-8H3. The van der Waals surface area contributed by atoms with E-state index in [-0.39, 0.29) is 16.2 Å². The summed E-state index contributed by atoms with van der Waals surface area (Å²) < 4.78 is 2.39. The highest BCUT2D eigenvalue weighted by Crippen LogP contribution is 2.62. The van der Waals surface area contributed by atoms with Crippen molar-refractivity contribution in [2.45, 2.75) is 77.0 Å². The smallest absolute Gasteiger partial charge is 0.0720 e.